The first-order valence-corrected chi connectivity index (χ1v) is 13.4. The Hall–Kier alpha value is -3.05. The minimum absolute atomic E-state index is 0.115. The standard InChI is InChI=1S/C27H40N4O7/c1-35-13-12-30(17-18-8-7-11-29-10-6-5-9-21(18)29)24(32)16-20-26(33)31(27(34)28-20)19-14-22(36-2)25(38-4)23(15-19)37-3/h14-15,18,20-21H,5-13,16-17H2,1-4H3,(H,28,34)/t18-,20+,21-/m0/s1. The maximum Gasteiger partial charge on any atom is 0.329 e. The Labute approximate surface area is 224 Å². The molecule has 1 N–H and O–H groups in total. The number of benzene rings is 1. The van der Waals surface area contributed by atoms with Crippen LogP contribution in [0.4, 0.5) is 10.5 Å². The highest BCUT2D eigenvalue weighted by Crippen LogP contribution is 2.41. The van der Waals surface area contributed by atoms with E-state index in [1.165, 1.54) is 46.3 Å². The summed E-state index contributed by atoms with van der Waals surface area (Å²) in [6.07, 6.45) is 5.74. The number of ether oxygens (including phenoxy) is 4. The summed E-state index contributed by atoms with van der Waals surface area (Å²) >= 11 is 0. The number of piperidine rings is 2. The normalized spacial score (nSPS) is 23.6. The Morgan fingerprint density at radius 3 is 2.37 bits per heavy atom. The van der Waals surface area contributed by atoms with Gasteiger partial charge in [0, 0.05) is 38.4 Å². The number of anilines is 1. The molecular formula is C27H40N4O7. The van der Waals surface area contributed by atoms with Crippen molar-refractivity contribution in [2.24, 2.45) is 5.92 Å². The van der Waals surface area contributed by atoms with Crippen molar-refractivity contribution >= 4 is 23.5 Å². The molecule has 4 rings (SSSR count). The Bertz CT molecular complexity index is 992. The molecule has 0 aliphatic carbocycles. The van der Waals surface area contributed by atoms with Gasteiger partial charge in [-0.1, -0.05) is 6.42 Å². The van der Waals surface area contributed by atoms with E-state index < -0.39 is 18.0 Å². The van der Waals surface area contributed by atoms with Crippen molar-refractivity contribution in [1.82, 2.24) is 15.1 Å². The van der Waals surface area contributed by atoms with Gasteiger partial charge >= 0.3 is 6.03 Å². The third-order valence-electron chi connectivity index (χ3n) is 7.91. The third kappa shape index (κ3) is 5.83. The second-order valence-electron chi connectivity index (χ2n) is 10.1. The zero-order valence-corrected chi connectivity index (χ0v) is 22.9. The molecule has 0 unspecified atom stereocenters. The molecule has 3 heterocycles. The quantitative estimate of drug-likeness (QED) is 0.433. The first-order valence-electron chi connectivity index (χ1n) is 13.4. The summed E-state index contributed by atoms with van der Waals surface area (Å²) in [5, 5.41) is 2.68. The van der Waals surface area contributed by atoms with Crippen LogP contribution in [0.25, 0.3) is 0 Å². The Balaban J connectivity index is 1.48. The molecule has 11 heteroatoms. The van der Waals surface area contributed by atoms with Crippen molar-refractivity contribution in [1.29, 1.82) is 0 Å². The fourth-order valence-corrected chi connectivity index (χ4v) is 6.01. The number of carbonyl (C=O) groups excluding carboxylic acids is 3. The largest absolute Gasteiger partial charge is 0.493 e. The van der Waals surface area contributed by atoms with Gasteiger partial charge in [-0.2, -0.15) is 0 Å². The summed E-state index contributed by atoms with van der Waals surface area (Å²) in [4.78, 5) is 45.1. The SMILES string of the molecule is COCCN(C[C@@H]1CCCN2CCCC[C@@H]12)C(=O)C[C@H]1NC(=O)N(c2cc(OC)c(OC)c(OC)c2)C1=O. The molecule has 11 nitrogen and oxygen atoms in total. The lowest BCUT2D eigenvalue weighted by atomic mass is 9.83. The third-order valence-corrected chi connectivity index (χ3v) is 7.91. The molecule has 3 atom stereocenters. The van der Waals surface area contributed by atoms with Crippen molar-refractivity contribution in [2.45, 2.75) is 50.6 Å². The molecule has 1 aromatic carbocycles. The summed E-state index contributed by atoms with van der Waals surface area (Å²) in [6.45, 7) is 3.76. The minimum atomic E-state index is -0.961. The van der Waals surface area contributed by atoms with Gasteiger partial charge < -0.3 is 34.1 Å². The van der Waals surface area contributed by atoms with E-state index in [4.69, 9.17) is 18.9 Å². The van der Waals surface area contributed by atoms with E-state index in [-0.39, 0.29) is 18.0 Å². The molecule has 0 bridgehead atoms. The van der Waals surface area contributed by atoms with Crippen LogP contribution < -0.4 is 24.4 Å². The summed E-state index contributed by atoms with van der Waals surface area (Å²) in [7, 11) is 6.01. The number of hydrogen-bond donors (Lipinski definition) is 1. The van der Waals surface area contributed by atoms with Crippen molar-refractivity contribution < 1.29 is 33.3 Å². The van der Waals surface area contributed by atoms with Gasteiger partial charge in [0.25, 0.3) is 5.91 Å². The van der Waals surface area contributed by atoms with Crippen molar-refractivity contribution in [3.63, 3.8) is 0 Å². The van der Waals surface area contributed by atoms with Gasteiger partial charge in [-0.15, -0.1) is 0 Å². The van der Waals surface area contributed by atoms with Crippen molar-refractivity contribution in [3.8, 4) is 17.2 Å². The van der Waals surface area contributed by atoms with Crippen LogP contribution >= 0.6 is 0 Å². The summed E-state index contributed by atoms with van der Waals surface area (Å²) in [5.41, 5.74) is 0.271. The zero-order chi connectivity index (χ0) is 27.2. The number of nitrogens with zero attached hydrogens (tertiary/aromatic N) is 3. The number of hydrogen-bond acceptors (Lipinski definition) is 8. The maximum atomic E-state index is 13.5. The Morgan fingerprint density at radius 2 is 1.71 bits per heavy atom. The van der Waals surface area contributed by atoms with E-state index in [0.29, 0.717) is 48.9 Å². The molecule has 4 amide bonds. The lowest BCUT2D eigenvalue weighted by Gasteiger charge is -2.45. The number of imide groups is 1. The average molecular weight is 533 g/mol. The second-order valence-corrected chi connectivity index (χ2v) is 10.1. The maximum absolute atomic E-state index is 13.5. The van der Waals surface area contributed by atoms with E-state index >= 15 is 0 Å². The molecule has 0 radical (unpaired) electrons. The molecule has 0 saturated carbocycles. The molecule has 3 aliphatic rings. The number of rotatable bonds is 11. The highest BCUT2D eigenvalue weighted by Gasteiger charge is 2.42. The van der Waals surface area contributed by atoms with Crippen LogP contribution in [0, 0.1) is 5.92 Å². The van der Waals surface area contributed by atoms with Crippen LogP contribution in [0.2, 0.25) is 0 Å². The first kappa shape index (κ1) is 28.0. The van der Waals surface area contributed by atoms with E-state index in [1.54, 1.807) is 7.11 Å². The van der Waals surface area contributed by atoms with E-state index in [0.717, 1.165) is 37.3 Å². The lowest BCUT2D eigenvalue weighted by molar-refractivity contribution is -0.135. The molecule has 0 aromatic heterocycles. The fourth-order valence-electron chi connectivity index (χ4n) is 6.01. The highest BCUT2D eigenvalue weighted by atomic mass is 16.5. The van der Waals surface area contributed by atoms with Gasteiger partial charge in [0.1, 0.15) is 6.04 Å². The van der Waals surface area contributed by atoms with Crippen LogP contribution in [0.5, 0.6) is 17.2 Å². The van der Waals surface area contributed by atoms with E-state index in [9.17, 15) is 14.4 Å². The number of methoxy groups -OCH3 is 4. The molecule has 1 aromatic rings. The smallest absolute Gasteiger partial charge is 0.329 e. The van der Waals surface area contributed by atoms with Crippen LogP contribution in [-0.2, 0) is 14.3 Å². The molecular weight excluding hydrogens is 492 g/mol. The number of amides is 4. The summed E-state index contributed by atoms with van der Waals surface area (Å²) in [6, 6.07) is 2.01. The zero-order valence-electron chi connectivity index (χ0n) is 22.9. The molecule has 3 saturated heterocycles. The van der Waals surface area contributed by atoms with Crippen LogP contribution in [0.1, 0.15) is 38.5 Å². The van der Waals surface area contributed by atoms with Crippen LogP contribution in [0.15, 0.2) is 12.1 Å². The molecule has 3 aliphatic heterocycles. The van der Waals surface area contributed by atoms with Gasteiger partial charge in [0.05, 0.1) is 40.0 Å². The van der Waals surface area contributed by atoms with Crippen LogP contribution in [-0.4, -0.2) is 101 Å². The average Bonchev–Trinajstić information content (AvgIpc) is 3.21. The predicted molar refractivity (Wildman–Crippen MR) is 141 cm³/mol. The van der Waals surface area contributed by atoms with Gasteiger partial charge in [-0.3, -0.25) is 9.59 Å². The van der Waals surface area contributed by atoms with Gasteiger partial charge in [-0.05, 0) is 44.7 Å². The summed E-state index contributed by atoms with van der Waals surface area (Å²) in [5.74, 6) is 0.717. The second kappa shape index (κ2) is 12.7. The van der Waals surface area contributed by atoms with Gasteiger partial charge in [-0.25, -0.2) is 9.69 Å². The van der Waals surface area contributed by atoms with Crippen LogP contribution in [0.3, 0.4) is 0 Å². The number of carbonyl (C=O) groups is 3. The van der Waals surface area contributed by atoms with Crippen molar-refractivity contribution in [3.05, 3.63) is 12.1 Å². The number of fused-ring (bicyclic) bond motifs is 1. The minimum Gasteiger partial charge on any atom is -0.493 e. The van der Waals surface area contributed by atoms with Gasteiger partial charge in [0.2, 0.25) is 11.7 Å². The molecule has 38 heavy (non-hydrogen) atoms. The first-order chi connectivity index (χ1) is 18.4. The monoisotopic (exact) mass is 532 g/mol. The predicted octanol–water partition coefficient (Wildman–Crippen LogP) is 2.27. The Morgan fingerprint density at radius 1 is 1.00 bits per heavy atom. The molecule has 210 valence electrons. The lowest BCUT2D eigenvalue weighted by Crippen LogP contribution is -2.52. The molecule has 0 spiro atoms. The fraction of sp³-hybridized carbons (Fsp3) is 0.667. The number of urea groups is 1. The van der Waals surface area contributed by atoms with E-state index in [1.807, 2.05) is 4.90 Å². The highest BCUT2D eigenvalue weighted by molar-refractivity contribution is 6.22. The molecule has 3 fully saturated rings. The van der Waals surface area contributed by atoms with Gasteiger partial charge in [0.15, 0.2) is 11.5 Å². The van der Waals surface area contributed by atoms with Crippen molar-refractivity contribution in [2.75, 3.05) is 66.1 Å². The number of nitrogens with one attached hydrogen (secondary N) is 1. The topological polar surface area (TPSA) is 110 Å². The summed E-state index contributed by atoms with van der Waals surface area (Å²) < 4.78 is 21.4. The Kier molecular flexibility index (Phi) is 9.32. The van der Waals surface area contributed by atoms with E-state index in [2.05, 4.69) is 10.2 Å².